The number of phenols is 2. The lowest BCUT2D eigenvalue weighted by molar-refractivity contribution is 0.0630. The Morgan fingerprint density at radius 1 is 1.19 bits per heavy atom. The Balaban J connectivity index is 1.92. The van der Waals surface area contributed by atoms with Gasteiger partial charge >= 0.3 is 0 Å². The van der Waals surface area contributed by atoms with Crippen LogP contribution in [0, 0.1) is 12.7 Å². The average Bonchev–Trinajstić information content (AvgIpc) is 2.69. The number of aryl methyl sites for hydroxylation is 1. The molecule has 4 rings (SSSR count). The molecule has 7 nitrogen and oxygen atoms in total. The molecule has 1 saturated heterocycles. The first-order chi connectivity index (χ1) is 14.7. The Morgan fingerprint density at radius 2 is 1.87 bits per heavy atom. The van der Waals surface area contributed by atoms with Crippen LogP contribution in [-0.2, 0) is 0 Å². The van der Waals surface area contributed by atoms with E-state index in [2.05, 4.69) is 0 Å². The van der Waals surface area contributed by atoms with Gasteiger partial charge in [-0.05, 0) is 44.6 Å². The first-order valence-corrected chi connectivity index (χ1v) is 10.0. The maximum absolute atomic E-state index is 13.3. The van der Waals surface area contributed by atoms with Gasteiger partial charge in [-0.25, -0.2) is 4.39 Å². The molecule has 3 atom stereocenters. The van der Waals surface area contributed by atoms with Gasteiger partial charge in [0.25, 0.3) is 0 Å². The van der Waals surface area contributed by atoms with Crippen molar-refractivity contribution >= 4 is 11.0 Å². The van der Waals surface area contributed by atoms with E-state index in [9.17, 15) is 29.6 Å². The van der Waals surface area contributed by atoms with Gasteiger partial charge in [-0.3, -0.25) is 4.79 Å². The normalized spacial score (nSPS) is 20.8. The number of fused-ring (bicyclic) bond motifs is 1. The van der Waals surface area contributed by atoms with Crippen LogP contribution in [0.3, 0.4) is 0 Å². The predicted octanol–water partition coefficient (Wildman–Crippen LogP) is 2.51. The SMILES string of the molecule is Cc1oc2c(C3CCN(C)CC3O)c(O)cc(O)c2c(=O)c1C(O)c1ccc(F)cc1. The molecule has 31 heavy (non-hydrogen) atoms. The number of piperidine rings is 1. The highest BCUT2D eigenvalue weighted by atomic mass is 19.1. The topological polar surface area (TPSA) is 114 Å². The summed E-state index contributed by atoms with van der Waals surface area (Å²) in [5.41, 5.74) is -0.202. The molecule has 3 aromatic rings. The van der Waals surface area contributed by atoms with E-state index in [0.717, 1.165) is 6.07 Å². The van der Waals surface area contributed by atoms with E-state index in [1.54, 1.807) is 0 Å². The number of aliphatic hydroxyl groups excluding tert-OH is 2. The fourth-order valence-electron chi connectivity index (χ4n) is 4.39. The summed E-state index contributed by atoms with van der Waals surface area (Å²) in [4.78, 5) is 15.3. The van der Waals surface area contributed by atoms with Crippen LogP contribution >= 0.6 is 0 Å². The number of hydrogen-bond donors (Lipinski definition) is 4. The Morgan fingerprint density at radius 3 is 2.52 bits per heavy atom. The maximum Gasteiger partial charge on any atom is 0.202 e. The second kappa shape index (κ2) is 7.96. The quantitative estimate of drug-likeness (QED) is 0.506. The van der Waals surface area contributed by atoms with Crippen molar-refractivity contribution in [3.63, 3.8) is 0 Å². The van der Waals surface area contributed by atoms with Gasteiger partial charge in [-0.1, -0.05) is 12.1 Å². The summed E-state index contributed by atoms with van der Waals surface area (Å²) < 4.78 is 19.1. The van der Waals surface area contributed by atoms with Crippen molar-refractivity contribution in [3.05, 3.63) is 68.8 Å². The molecular formula is C23H24FNO6. The second-order valence-corrected chi connectivity index (χ2v) is 8.11. The number of β-amino-alcohol motifs (C(OH)–C–C–N with tert-alkyl or cyclic N) is 1. The van der Waals surface area contributed by atoms with E-state index in [4.69, 9.17) is 4.42 Å². The molecule has 164 valence electrons. The lowest BCUT2D eigenvalue weighted by Gasteiger charge is -2.34. The second-order valence-electron chi connectivity index (χ2n) is 8.11. The van der Waals surface area contributed by atoms with E-state index in [1.807, 2.05) is 11.9 Å². The van der Waals surface area contributed by atoms with Gasteiger partial charge in [-0.2, -0.15) is 0 Å². The Bertz CT molecular complexity index is 1190. The van der Waals surface area contributed by atoms with Crippen LogP contribution in [0.25, 0.3) is 11.0 Å². The number of nitrogens with zero attached hydrogens (tertiary/aromatic N) is 1. The number of aromatic hydroxyl groups is 2. The smallest absolute Gasteiger partial charge is 0.202 e. The number of likely N-dealkylation sites (N-methyl/N-ethyl adjacent to an activating group) is 1. The van der Waals surface area contributed by atoms with Crippen LogP contribution in [0.4, 0.5) is 4.39 Å². The van der Waals surface area contributed by atoms with E-state index < -0.39 is 35.1 Å². The molecule has 4 N–H and O–H groups in total. The fourth-order valence-corrected chi connectivity index (χ4v) is 4.39. The van der Waals surface area contributed by atoms with Gasteiger partial charge < -0.3 is 29.7 Å². The van der Waals surface area contributed by atoms with Crippen LogP contribution in [0.15, 0.2) is 39.5 Å². The molecular weight excluding hydrogens is 405 g/mol. The number of benzene rings is 2. The Labute approximate surface area is 177 Å². The molecule has 0 bridgehead atoms. The van der Waals surface area contributed by atoms with Crippen molar-refractivity contribution in [3.8, 4) is 11.5 Å². The molecule has 2 heterocycles. The third-order valence-electron chi connectivity index (χ3n) is 6.00. The molecule has 0 radical (unpaired) electrons. The van der Waals surface area contributed by atoms with Crippen molar-refractivity contribution < 1.29 is 29.2 Å². The molecule has 3 unspecified atom stereocenters. The number of hydrogen-bond acceptors (Lipinski definition) is 7. The van der Waals surface area contributed by atoms with Gasteiger partial charge in [0, 0.05) is 24.1 Å². The molecule has 1 fully saturated rings. The largest absolute Gasteiger partial charge is 0.507 e. The van der Waals surface area contributed by atoms with Gasteiger partial charge in [0.05, 0.1) is 11.7 Å². The third kappa shape index (κ3) is 3.67. The zero-order valence-corrected chi connectivity index (χ0v) is 17.2. The maximum atomic E-state index is 13.3. The summed E-state index contributed by atoms with van der Waals surface area (Å²) in [5.74, 6) is -1.63. The van der Waals surface area contributed by atoms with E-state index in [-0.39, 0.29) is 33.6 Å². The summed E-state index contributed by atoms with van der Waals surface area (Å²) in [5, 5.41) is 42.2. The van der Waals surface area contributed by atoms with Gasteiger partial charge in [0.15, 0.2) is 0 Å². The van der Waals surface area contributed by atoms with Gasteiger partial charge in [-0.15, -0.1) is 0 Å². The standard InChI is InChI=1S/C23H24FNO6/c1-11-18(21(29)12-3-5-13(24)6-4-12)22(30)20-16(27)9-15(26)19(23(20)31-11)14-7-8-25(2)10-17(14)28/h3-6,9,14,17,21,26-29H,7-8,10H2,1-2H3. The van der Waals surface area contributed by atoms with Crippen LogP contribution < -0.4 is 5.43 Å². The zero-order chi connectivity index (χ0) is 22.4. The Hall–Kier alpha value is -2.94. The fraction of sp³-hybridized carbons (Fsp3) is 0.348. The van der Waals surface area contributed by atoms with Gasteiger partial charge in [0.2, 0.25) is 5.43 Å². The van der Waals surface area contributed by atoms with Crippen molar-refractivity contribution in [1.82, 2.24) is 4.90 Å². The van der Waals surface area contributed by atoms with E-state index >= 15 is 0 Å². The monoisotopic (exact) mass is 429 g/mol. The van der Waals surface area contributed by atoms with Crippen molar-refractivity contribution in [2.24, 2.45) is 0 Å². The number of rotatable bonds is 3. The summed E-state index contributed by atoms with van der Waals surface area (Å²) in [6.45, 7) is 2.56. The molecule has 1 aromatic heterocycles. The minimum atomic E-state index is -1.40. The van der Waals surface area contributed by atoms with Crippen LogP contribution in [0.5, 0.6) is 11.5 Å². The molecule has 0 amide bonds. The van der Waals surface area contributed by atoms with Crippen molar-refractivity contribution in [2.75, 3.05) is 20.1 Å². The molecule has 8 heteroatoms. The van der Waals surface area contributed by atoms with E-state index in [1.165, 1.54) is 31.2 Å². The minimum absolute atomic E-state index is 0.0105. The highest BCUT2D eigenvalue weighted by Crippen LogP contribution is 2.42. The highest BCUT2D eigenvalue weighted by molar-refractivity contribution is 5.89. The van der Waals surface area contributed by atoms with Crippen molar-refractivity contribution in [2.45, 2.75) is 31.5 Å². The first-order valence-electron chi connectivity index (χ1n) is 10.0. The molecule has 0 spiro atoms. The average molecular weight is 429 g/mol. The Kier molecular flexibility index (Phi) is 5.47. The van der Waals surface area contributed by atoms with Crippen molar-refractivity contribution in [1.29, 1.82) is 0 Å². The zero-order valence-electron chi connectivity index (χ0n) is 17.2. The molecule has 2 aromatic carbocycles. The summed E-state index contributed by atoms with van der Waals surface area (Å²) in [7, 11) is 1.88. The predicted molar refractivity (Wildman–Crippen MR) is 112 cm³/mol. The van der Waals surface area contributed by atoms with Crippen LogP contribution in [0.1, 0.15) is 40.9 Å². The molecule has 1 aliphatic heterocycles. The number of halogens is 1. The lowest BCUT2D eigenvalue weighted by Crippen LogP contribution is -2.40. The van der Waals surface area contributed by atoms with E-state index in [0.29, 0.717) is 25.1 Å². The molecule has 0 saturated carbocycles. The minimum Gasteiger partial charge on any atom is -0.507 e. The number of likely N-dealkylation sites (tertiary alicyclic amines) is 1. The first kappa shape index (κ1) is 21.3. The number of aliphatic hydroxyl groups is 2. The summed E-state index contributed by atoms with van der Waals surface area (Å²) in [6.07, 6.45) is -1.67. The lowest BCUT2D eigenvalue weighted by atomic mass is 9.85. The summed E-state index contributed by atoms with van der Waals surface area (Å²) >= 11 is 0. The molecule has 1 aliphatic rings. The summed E-state index contributed by atoms with van der Waals surface area (Å²) in [6, 6.07) is 6.13. The van der Waals surface area contributed by atoms with Gasteiger partial charge in [0.1, 0.15) is 40.1 Å². The number of phenolic OH excluding ortho intramolecular Hbond substituents is 2. The van der Waals surface area contributed by atoms with Crippen LogP contribution in [0.2, 0.25) is 0 Å². The molecule has 0 aliphatic carbocycles. The van der Waals surface area contributed by atoms with Crippen LogP contribution in [-0.4, -0.2) is 51.6 Å². The third-order valence-corrected chi connectivity index (χ3v) is 6.00. The highest BCUT2D eigenvalue weighted by Gasteiger charge is 2.34.